The molecule has 110 valence electrons. The van der Waals surface area contributed by atoms with Gasteiger partial charge in [-0.3, -0.25) is 9.98 Å². The molecule has 0 saturated heterocycles. The van der Waals surface area contributed by atoms with E-state index in [0.717, 1.165) is 12.3 Å². The Balaban J connectivity index is 2.03. The van der Waals surface area contributed by atoms with E-state index in [1.54, 1.807) is 18.2 Å². The molecule has 3 heterocycles. The van der Waals surface area contributed by atoms with E-state index in [1.807, 2.05) is 0 Å². The number of aliphatic imine (C=N–C) groups is 3. The fraction of sp³-hybridized carbons (Fsp3) is 0.308. The van der Waals surface area contributed by atoms with Gasteiger partial charge in [-0.15, -0.1) is 0 Å². The molecule has 0 aromatic heterocycles. The topological polar surface area (TPSA) is 60.5 Å². The predicted molar refractivity (Wildman–Crippen MR) is 72.5 cm³/mol. The zero-order valence-electron chi connectivity index (χ0n) is 11.0. The van der Waals surface area contributed by atoms with Gasteiger partial charge in [0.15, 0.2) is 6.17 Å². The summed E-state index contributed by atoms with van der Waals surface area (Å²) in [6.45, 7) is 0. The Morgan fingerprint density at radius 2 is 2.14 bits per heavy atom. The molecule has 0 radical (unpaired) electrons. The SMILES string of the molecule is CN1C(=C2CC=NC=C2O)N=C2C=C(C(F)(F)F)C=NC21. The summed E-state index contributed by atoms with van der Waals surface area (Å²) in [6, 6.07) is 0. The van der Waals surface area contributed by atoms with Crippen LogP contribution in [-0.2, 0) is 0 Å². The lowest BCUT2D eigenvalue weighted by Crippen LogP contribution is -2.33. The number of nitrogens with zero attached hydrogens (tertiary/aromatic N) is 4. The van der Waals surface area contributed by atoms with Gasteiger partial charge in [-0.2, -0.15) is 13.2 Å². The van der Waals surface area contributed by atoms with Gasteiger partial charge in [-0.25, -0.2) is 4.99 Å². The Morgan fingerprint density at radius 1 is 1.38 bits per heavy atom. The highest BCUT2D eigenvalue weighted by molar-refractivity contribution is 6.08. The predicted octanol–water partition coefficient (Wildman–Crippen LogP) is 2.36. The molecule has 8 heteroatoms. The summed E-state index contributed by atoms with van der Waals surface area (Å²) < 4.78 is 38.1. The van der Waals surface area contributed by atoms with Crippen LogP contribution in [0.15, 0.2) is 50.0 Å². The van der Waals surface area contributed by atoms with Crippen LogP contribution in [-0.4, -0.2) is 47.5 Å². The maximum Gasteiger partial charge on any atom is 0.417 e. The molecule has 1 unspecified atom stereocenters. The van der Waals surface area contributed by atoms with E-state index in [-0.39, 0.29) is 11.5 Å². The van der Waals surface area contributed by atoms with Crippen LogP contribution in [0, 0.1) is 0 Å². The second-order valence-corrected chi connectivity index (χ2v) is 4.75. The first-order valence-electron chi connectivity index (χ1n) is 6.15. The molecule has 0 aromatic carbocycles. The van der Waals surface area contributed by atoms with Crippen molar-refractivity contribution in [3.05, 3.63) is 35.0 Å². The summed E-state index contributed by atoms with van der Waals surface area (Å²) in [6.07, 6.45) is -0.00735. The maximum absolute atomic E-state index is 12.7. The third-order valence-corrected chi connectivity index (χ3v) is 3.36. The van der Waals surface area contributed by atoms with Gasteiger partial charge < -0.3 is 10.0 Å². The van der Waals surface area contributed by atoms with Crippen LogP contribution in [0.1, 0.15) is 6.42 Å². The largest absolute Gasteiger partial charge is 0.506 e. The minimum atomic E-state index is -4.45. The molecule has 0 saturated carbocycles. The summed E-state index contributed by atoms with van der Waals surface area (Å²) in [7, 11) is 1.67. The molecule has 0 aromatic rings. The van der Waals surface area contributed by atoms with Crippen molar-refractivity contribution in [2.45, 2.75) is 18.8 Å². The highest BCUT2D eigenvalue weighted by atomic mass is 19.4. The van der Waals surface area contributed by atoms with Crippen molar-refractivity contribution in [3.8, 4) is 0 Å². The van der Waals surface area contributed by atoms with E-state index >= 15 is 0 Å². The van der Waals surface area contributed by atoms with E-state index in [9.17, 15) is 18.3 Å². The zero-order valence-corrected chi connectivity index (χ0v) is 11.0. The van der Waals surface area contributed by atoms with Gasteiger partial charge in [0.1, 0.15) is 11.6 Å². The monoisotopic (exact) mass is 296 g/mol. The average molecular weight is 296 g/mol. The number of aliphatic hydroxyl groups excluding tert-OH is 1. The first-order valence-corrected chi connectivity index (χ1v) is 6.15. The molecule has 0 amide bonds. The van der Waals surface area contributed by atoms with E-state index in [1.165, 1.54) is 6.20 Å². The van der Waals surface area contributed by atoms with E-state index in [2.05, 4.69) is 15.0 Å². The highest BCUT2D eigenvalue weighted by Gasteiger charge is 2.39. The molecular weight excluding hydrogens is 285 g/mol. The molecule has 0 aliphatic carbocycles. The number of rotatable bonds is 0. The van der Waals surface area contributed by atoms with Gasteiger partial charge in [-0.05, 0) is 6.08 Å². The summed E-state index contributed by atoms with van der Waals surface area (Å²) in [5.41, 5.74) is -0.0983. The van der Waals surface area contributed by atoms with Crippen molar-refractivity contribution >= 4 is 18.1 Å². The van der Waals surface area contributed by atoms with Crippen LogP contribution in [0.5, 0.6) is 0 Å². The number of aliphatic hydroxyl groups is 1. The quantitative estimate of drug-likeness (QED) is 0.746. The summed E-state index contributed by atoms with van der Waals surface area (Å²) >= 11 is 0. The number of fused-ring (bicyclic) bond motifs is 1. The fourth-order valence-electron chi connectivity index (χ4n) is 2.29. The lowest BCUT2D eigenvalue weighted by molar-refractivity contribution is -0.0856. The molecule has 5 nitrogen and oxygen atoms in total. The van der Waals surface area contributed by atoms with Crippen molar-refractivity contribution in [2.24, 2.45) is 15.0 Å². The number of halogens is 3. The number of hydrogen-bond donors (Lipinski definition) is 1. The van der Waals surface area contributed by atoms with Crippen molar-refractivity contribution < 1.29 is 18.3 Å². The van der Waals surface area contributed by atoms with E-state index < -0.39 is 17.9 Å². The Morgan fingerprint density at radius 3 is 2.81 bits per heavy atom. The number of allylic oxidation sites excluding steroid dienone is 2. The summed E-state index contributed by atoms with van der Waals surface area (Å²) in [4.78, 5) is 13.5. The number of dihydropyridines is 1. The molecule has 1 atom stereocenters. The van der Waals surface area contributed by atoms with Crippen molar-refractivity contribution in [3.63, 3.8) is 0 Å². The first-order chi connectivity index (χ1) is 9.88. The average Bonchev–Trinajstić information content (AvgIpc) is 2.75. The molecule has 3 rings (SSSR count). The van der Waals surface area contributed by atoms with Crippen LogP contribution in [0.3, 0.4) is 0 Å². The molecule has 0 bridgehead atoms. The van der Waals surface area contributed by atoms with Crippen LogP contribution >= 0.6 is 0 Å². The second kappa shape index (κ2) is 4.57. The summed E-state index contributed by atoms with van der Waals surface area (Å²) in [5, 5.41) is 9.82. The molecule has 3 aliphatic heterocycles. The second-order valence-electron chi connectivity index (χ2n) is 4.75. The maximum atomic E-state index is 12.7. The Kier molecular flexibility index (Phi) is 2.96. The standard InChI is InChI=1S/C13H11F3N4O/c1-20-11(8-2-3-17-6-10(8)21)19-9-4-7(13(14,15)16)5-18-12(9)20/h3-6,12,21H,2H2,1H3. The van der Waals surface area contributed by atoms with Crippen LogP contribution in [0.2, 0.25) is 0 Å². The lowest BCUT2D eigenvalue weighted by atomic mass is 10.1. The van der Waals surface area contributed by atoms with Crippen molar-refractivity contribution in [1.29, 1.82) is 0 Å². The van der Waals surface area contributed by atoms with Crippen LogP contribution < -0.4 is 0 Å². The van der Waals surface area contributed by atoms with Gasteiger partial charge in [-0.1, -0.05) is 0 Å². The molecule has 21 heavy (non-hydrogen) atoms. The minimum absolute atomic E-state index is 0.0358. The Labute approximate surface area is 118 Å². The normalized spacial score (nSPS) is 28.3. The van der Waals surface area contributed by atoms with Crippen LogP contribution in [0.25, 0.3) is 0 Å². The van der Waals surface area contributed by atoms with Gasteiger partial charge in [0.25, 0.3) is 0 Å². The van der Waals surface area contributed by atoms with Gasteiger partial charge in [0.2, 0.25) is 0 Å². The molecule has 0 fully saturated rings. The van der Waals surface area contributed by atoms with E-state index in [0.29, 0.717) is 17.8 Å². The molecule has 0 spiro atoms. The van der Waals surface area contributed by atoms with Crippen molar-refractivity contribution in [1.82, 2.24) is 4.90 Å². The Hall–Kier alpha value is -2.38. The fourth-order valence-corrected chi connectivity index (χ4v) is 2.29. The molecule has 3 aliphatic rings. The van der Waals surface area contributed by atoms with Crippen molar-refractivity contribution in [2.75, 3.05) is 7.05 Å². The third kappa shape index (κ3) is 2.26. The number of alkyl halides is 3. The lowest BCUT2D eigenvalue weighted by Gasteiger charge is -2.23. The summed E-state index contributed by atoms with van der Waals surface area (Å²) in [5.74, 6) is 0.373. The van der Waals surface area contributed by atoms with Gasteiger partial charge in [0, 0.05) is 31.5 Å². The van der Waals surface area contributed by atoms with Crippen LogP contribution in [0.4, 0.5) is 13.2 Å². The first kappa shape index (κ1) is 13.6. The molecule has 1 N–H and O–H groups in total. The Bertz CT molecular complexity index is 667. The van der Waals surface area contributed by atoms with E-state index in [4.69, 9.17) is 0 Å². The van der Waals surface area contributed by atoms with Gasteiger partial charge in [0.05, 0.1) is 17.5 Å². The highest BCUT2D eigenvalue weighted by Crippen LogP contribution is 2.33. The zero-order chi connectivity index (χ0) is 15.2. The smallest absolute Gasteiger partial charge is 0.417 e. The molecular formula is C13H11F3N4O. The van der Waals surface area contributed by atoms with Gasteiger partial charge >= 0.3 is 6.18 Å². The number of hydrogen-bond acceptors (Lipinski definition) is 5. The minimum Gasteiger partial charge on any atom is -0.506 e. The third-order valence-electron chi connectivity index (χ3n) is 3.36.